The zero-order valence-electron chi connectivity index (χ0n) is 10.2. The van der Waals surface area contributed by atoms with Crippen molar-refractivity contribution in [1.29, 1.82) is 0 Å². The Bertz CT molecular complexity index is 315. The van der Waals surface area contributed by atoms with Crippen LogP contribution in [0, 0.1) is 11.8 Å². The molecule has 1 aliphatic carbocycles. The van der Waals surface area contributed by atoms with E-state index in [4.69, 9.17) is 5.11 Å². The van der Waals surface area contributed by atoms with E-state index in [1.165, 1.54) is 0 Å². The molecule has 96 valence electrons. The van der Waals surface area contributed by atoms with Gasteiger partial charge in [-0.05, 0) is 18.8 Å². The summed E-state index contributed by atoms with van der Waals surface area (Å²) in [6, 6.07) is 0.409. The van der Waals surface area contributed by atoms with E-state index in [0.717, 1.165) is 19.4 Å². The fourth-order valence-electron chi connectivity index (χ4n) is 2.36. The Kier molecular flexibility index (Phi) is 3.66. The molecule has 1 saturated carbocycles. The molecule has 0 bridgehead atoms. The molecule has 0 aromatic rings. The third kappa shape index (κ3) is 3.43. The van der Waals surface area contributed by atoms with Crippen LogP contribution in [0.15, 0.2) is 0 Å². The summed E-state index contributed by atoms with van der Waals surface area (Å²) >= 11 is 0. The summed E-state index contributed by atoms with van der Waals surface area (Å²) in [5, 5.41) is 11.9. The molecule has 2 aliphatic rings. The van der Waals surface area contributed by atoms with E-state index >= 15 is 0 Å². The molecule has 0 unspecified atom stereocenters. The molecule has 2 fully saturated rings. The van der Waals surface area contributed by atoms with Gasteiger partial charge in [0, 0.05) is 32.1 Å². The first kappa shape index (κ1) is 12.4. The average molecular weight is 240 g/mol. The summed E-state index contributed by atoms with van der Waals surface area (Å²) in [6.07, 6.45) is 2.69. The molecular weight excluding hydrogens is 220 g/mol. The predicted molar refractivity (Wildman–Crippen MR) is 62.5 cm³/mol. The van der Waals surface area contributed by atoms with Crippen LogP contribution >= 0.6 is 0 Å². The number of carbonyl (C=O) groups is 2. The molecule has 17 heavy (non-hydrogen) atoms. The van der Waals surface area contributed by atoms with Crippen molar-refractivity contribution in [1.82, 2.24) is 10.2 Å². The number of hydrogen-bond donors (Lipinski definition) is 2. The summed E-state index contributed by atoms with van der Waals surface area (Å²) in [5.41, 5.74) is 0. The van der Waals surface area contributed by atoms with Crippen molar-refractivity contribution in [3.05, 3.63) is 0 Å². The van der Waals surface area contributed by atoms with E-state index in [0.29, 0.717) is 25.6 Å². The minimum Gasteiger partial charge on any atom is -0.481 e. The average Bonchev–Trinajstić information content (AvgIpc) is 2.97. The number of carbonyl (C=O) groups excluding carboxylic acids is 1. The van der Waals surface area contributed by atoms with Crippen LogP contribution in [-0.2, 0) is 9.59 Å². The highest BCUT2D eigenvalue weighted by atomic mass is 16.4. The van der Waals surface area contributed by atoms with Gasteiger partial charge in [0.1, 0.15) is 0 Å². The van der Waals surface area contributed by atoms with Gasteiger partial charge in [0.15, 0.2) is 0 Å². The molecular formula is C12H20N2O3. The number of carboxylic acids is 1. The highest BCUT2D eigenvalue weighted by molar-refractivity contribution is 5.76. The first-order valence-corrected chi connectivity index (χ1v) is 6.31. The summed E-state index contributed by atoms with van der Waals surface area (Å²) in [6.45, 7) is 4.00. The Morgan fingerprint density at radius 2 is 2.06 bits per heavy atom. The number of nitrogens with one attached hydrogen (secondary N) is 1. The molecule has 1 heterocycles. The third-order valence-electron chi connectivity index (χ3n) is 3.60. The molecule has 2 atom stereocenters. The topological polar surface area (TPSA) is 69.6 Å². The summed E-state index contributed by atoms with van der Waals surface area (Å²) in [5.74, 6) is -0.721. The van der Waals surface area contributed by atoms with E-state index in [1.807, 2.05) is 6.92 Å². The van der Waals surface area contributed by atoms with E-state index in [9.17, 15) is 9.59 Å². The van der Waals surface area contributed by atoms with Crippen LogP contribution in [0.5, 0.6) is 0 Å². The Morgan fingerprint density at radius 1 is 1.35 bits per heavy atom. The van der Waals surface area contributed by atoms with Gasteiger partial charge in [-0.3, -0.25) is 9.59 Å². The van der Waals surface area contributed by atoms with Crippen molar-refractivity contribution in [2.45, 2.75) is 32.2 Å². The Balaban J connectivity index is 1.69. The zero-order valence-corrected chi connectivity index (χ0v) is 10.2. The Morgan fingerprint density at radius 3 is 2.59 bits per heavy atom. The first-order chi connectivity index (χ1) is 8.06. The number of nitrogens with zero attached hydrogens (tertiary/aromatic N) is 1. The molecule has 0 radical (unpaired) electrons. The molecule has 2 N–H and O–H groups in total. The Hall–Kier alpha value is -1.10. The lowest BCUT2D eigenvalue weighted by atomic mass is 9.99. The van der Waals surface area contributed by atoms with Crippen LogP contribution in [0.25, 0.3) is 0 Å². The van der Waals surface area contributed by atoms with Crippen molar-refractivity contribution in [2.75, 3.05) is 19.6 Å². The van der Waals surface area contributed by atoms with Gasteiger partial charge in [-0.25, -0.2) is 0 Å². The van der Waals surface area contributed by atoms with Gasteiger partial charge in [0.05, 0.1) is 5.92 Å². The van der Waals surface area contributed by atoms with E-state index in [1.54, 1.807) is 0 Å². The van der Waals surface area contributed by atoms with Gasteiger partial charge in [0.25, 0.3) is 0 Å². The second kappa shape index (κ2) is 5.04. The predicted octanol–water partition coefficient (Wildman–Crippen LogP) is 0.308. The number of likely N-dealkylation sites (tertiary alicyclic amines) is 1. The minimum atomic E-state index is -0.720. The lowest BCUT2D eigenvalue weighted by molar-refractivity contribution is -0.142. The van der Waals surface area contributed by atoms with Gasteiger partial charge >= 0.3 is 5.97 Å². The lowest BCUT2D eigenvalue weighted by Gasteiger charge is -2.14. The van der Waals surface area contributed by atoms with Crippen LogP contribution in [-0.4, -0.2) is 47.6 Å². The number of hydrogen-bond acceptors (Lipinski definition) is 3. The molecule has 5 heteroatoms. The van der Waals surface area contributed by atoms with Gasteiger partial charge in [-0.1, -0.05) is 6.92 Å². The van der Waals surface area contributed by atoms with Crippen LogP contribution in [0.4, 0.5) is 0 Å². The number of rotatable bonds is 5. The van der Waals surface area contributed by atoms with Crippen molar-refractivity contribution in [2.24, 2.45) is 11.8 Å². The molecule has 5 nitrogen and oxygen atoms in total. The van der Waals surface area contributed by atoms with E-state index < -0.39 is 5.97 Å². The van der Waals surface area contributed by atoms with Crippen LogP contribution < -0.4 is 5.32 Å². The van der Waals surface area contributed by atoms with Gasteiger partial charge in [-0.15, -0.1) is 0 Å². The largest absolute Gasteiger partial charge is 0.481 e. The number of carboxylic acid groups (broad SMARTS) is 1. The van der Waals surface area contributed by atoms with Crippen molar-refractivity contribution < 1.29 is 14.7 Å². The third-order valence-corrected chi connectivity index (χ3v) is 3.60. The second-order valence-corrected chi connectivity index (χ2v) is 5.27. The fraction of sp³-hybridized carbons (Fsp3) is 0.833. The summed E-state index contributed by atoms with van der Waals surface area (Å²) in [7, 11) is 0. The zero-order chi connectivity index (χ0) is 12.4. The molecule has 1 amide bonds. The lowest BCUT2D eigenvalue weighted by Crippen LogP contribution is -2.31. The van der Waals surface area contributed by atoms with Crippen LogP contribution in [0.2, 0.25) is 0 Å². The quantitative estimate of drug-likeness (QED) is 0.725. The Labute approximate surface area is 101 Å². The maximum atomic E-state index is 11.5. The highest BCUT2D eigenvalue weighted by Gasteiger charge is 2.34. The first-order valence-electron chi connectivity index (χ1n) is 6.31. The molecule has 0 aromatic carbocycles. The van der Waals surface area contributed by atoms with Crippen LogP contribution in [0.1, 0.15) is 26.2 Å². The molecule has 0 aromatic heterocycles. The number of amides is 1. The van der Waals surface area contributed by atoms with E-state index in [2.05, 4.69) is 10.2 Å². The monoisotopic (exact) mass is 240 g/mol. The summed E-state index contributed by atoms with van der Waals surface area (Å²) in [4.78, 5) is 24.5. The SMILES string of the molecule is C[C@@H]1CN(CCC(=O)NC2CC2)C[C@H]1C(=O)O. The van der Waals surface area contributed by atoms with Crippen LogP contribution in [0.3, 0.4) is 0 Å². The van der Waals surface area contributed by atoms with Crippen molar-refractivity contribution in [3.63, 3.8) is 0 Å². The summed E-state index contributed by atoms with van der Waals surface area (Å²) < 4.78 is 0. The van der Waals surface area contributed by atoms with Crippen molar-refractivity contribution in [3.8, 4) is 0 Å². The maximum Gasteiger partial charge on any atom is 0.308 e. The highest BCUT2D eigenvalue weighted by Crippen LogP contribution is 2.23. The van der Waals surface area contributed by atoms with Gasteiger partial charge in [0.2, 0.25) is 5.91 Å². The number of aliphatic carboxylic acids is 1. The second-order valence-electron chi connectivity index (χ2n) is 5.27. The standard InChI is InChI=1S/C12H20N2O3/c1-8-6-14(7-10(8)12(16)17)5-4-11(15)13-9-2-3-9/h8-10H,2-7H2,1H3,(H,13,15)(H,16,17)/t8-,10-/m1/s1. The van der Waals surface area contributed by atoms with Gasteiger partial charge < -0.3 is 15.3 Å². The minimum absolute atomic E-state index is 0.0962. The maximum absolute atomic E-state index is 11.5. The smallest absolute Gasteiger partial charge is 0.308 e. The molecule has 1 aliphatic heterocycles. The molecule has 0 spiro atoms. The van der Waals surface area contributed by atoms with Gasteiger partial charge in [-0.2, -0.15) is 0 Å². The normalized spacial score (nSPS) is 29.2. The van der Waals surface area contributed by atoms with Crippen molar-refractivity contribution >= 4 is 11.9 Å². The van der Waals surface area contributed by atoms with E-state index in [-0.39, 0.29) is 17.7 Å². The fourth-order valence-corrected chi connectivity index (χ4v) is 2.36. The molecule has 1 saturated heterocycles. The molecule has 2 rings (SSSR count).